The summed E-state index contributed by atoms with van der Waals surface area (Å²) in [6.45, 7) is 5.48. The molecule has 0 radical (unpaired) electrons. The lowest BCUT2D eigenvalue weighted by Crippen LogP contribution is -2.29. The molecule has 1 N–H and O–H groups in total. The first-order valence-corrected chi connectivity index (χ1v) is 9.52. The zero-order valence-electron chi connectivity index (χ0n) is 15.3. The first-order valence-electron chi connectivity index (χ1n) is 8.47. The molecule has 7 heteroatoms. The predicted octanol–water partition coefficient (Wildman–Crippen LogP) is 4.73. The summed E-state index contributed by atoms with van der Waals surface area (Å²) in [6, 6.07) is 10.3. The Hall–Kier alpha value is -2.41. The van der Waals surface area contributed by atoms with Crippen molar-refractivity contribution in [2.45, 2.75) is 26.1 Å². The van der Waals surface area contributed by atoms with E-state index in [1.54, 1.807) is 24.3 Å². The van der Waals surface area contributed by atoms with Crippen molar-refractivity contribution in [2.24, 2.45) is 5.41 Å². The summed E-state index contributed by atoms with van der Waals surface area (Å²) in [7, 11) is 0. The minimum Gasteiger partial charge on any atom is -0.326 e. The molecule has 142 valence electrons. The van der Waals surface area contributed by atoms with Gasteiger partial charge in [-0.15, -0.1) is 11.8 Å². The SMILES string of the molecule is CC(C)(C)C(=O)Nc1ccc([C@@H]2SCC(=O)N2c2ccc(F)cc2F)cc1. The Morgan fingerprint density at radius 1 is 1.15 bits per heavy atom. The molecule has 0 spiro atoms. The lowest BCUT2D eigenvalue weighted by Gasteiger charge is -2.25. The Bertz CT molecular complexity index is 879. The molecular weight excluding hydrogens is 370 g/mol. The van der Waals surface area contributed by atoms with E-state index in [9.17, 15) is 18.4 Å². The highest BCUT2D eigenvalue weighted by molar-refractivity contribution is 8.00. The van der Waals surface area contributed by atoms with Gasteiger partial charge in [0.05, 0.1) is 11.4 Å². The van der Waals surface area contributed by atoms with Gasteiger partial charge in [0.2, 0.25) is 11.8 Å². The van der Waals surface area contributed by atoms with Crippen molar-refractivity contribution in [3.63, 3.8) is 0 Å². The summed E-state index contributed by atoms with van der Waals surface area (Å²) < 4.78 is 27.4. The van der Waals surface area contributed by atoms with E-state index in [0.717, 1.165) is 17.7 Å². The number of nitrogens with one attached hydrogen (secondary N) is 1. The summed E-state index contributed by atoms with van der Waals surface area (Å²) in [5, 5.41) is 2.43. The van der Waals surface area contributed by atoms with Crippen LogP contribution in [0.2, 0.25) is 0 Å². The van der Waals surface area contributed by atoms with Crippen LogP contribution in [0.5, 0.6) is 0 Å². The number of benzene rings is 2. The van der Waals surface area contributed by atoms with Gasteiger partial charge in [0, 0.05) is 17.2 Å². The van der Waals surface area contributed by atoms with Gasteiger partial charge in [0.15, 0.2) is 0 Å². The van der Waals surface area contributed by atoms with Crippen molar-refractivity contribution in [1.82, 2.24) is 0 Å². The molecule has 1 saturated heterocycles. The summed E-state index contributed by atoms with van der Waals surface area (Å²) >= 11 is 1.37. The summed E-state index contributed by atoms with van der Waals surface area (Å²) in [5.41, 5.74) is 0.987. The average Bonchev–Trinajstić information content (AvgIpc) is 2.96. The fourth-order valence-electron chi connectivity index (χ4n) is 2.66. The second-order valence-corrected chi connectivity index (χ2v) is 8.42. The second-order valence-electron chi connectivity index (χ2n) is 7.35. The van der Waals surface area contributed by atoms with Crippen LogP contribution >= 0.6 is 11.8 Å². The molecular formula is C20H20F2N2O2S. The zero-order chi connectivity index (χ0) is 19.8. The van der Waals surface area contributed by atoms with Gasteiger partial charge in [-0.1, -0.05) is 32.9 Å². The number of nitrogens with zero attached hydrogens (tertiary/aromatic N) is 1. The number of amides is 2. The molecule has 0 saturated carbocycles. The first-order chi connectivity index (χ1) is 12.7. The van der Waals surface area contributed by atoms with Gasteiger partial charge in [-0.2, -0.15) is 0 Å². The minimum absolute atomic E-state index is 0.0570. The molecule has 2 aromatic carbocycles. The van der Waals surface area contributed by atoms with Crippen LogP contribution < -0.4 is 10.2 Å². The number of carbonyl (C=O) groups excluding carboxylic acids is 2. The van der Waals surface area contributed by atoms with Crippen LogP contribution in [0.3, 0.4) is 0 Å². The van der Waals surface area contributed by atoms with Crippen molar-refractivity contribution in [2.75, 3.05) is 16.0 Å². The molecule has 3 rings (SSSR count). The van der Waals surface area contributed by atoms with Crippen molar-refractivity contribution in [3.8, 4) is 0 Å². The lowest BCUT2D eigenvalue weighted by atomic mass is 9.95. The van der Waals surface area contributed by atoms with Crippen LogP contribution in [0.15, 0.2) is 42.5 Å². The monoisotopic (exact) mass is 390 g/mol. The van der Waals surface area contributed by atoms with Crippen LogP contribution in [0.25, 0.3) is 0 Å². The van der Waals surface area contributed by atoms with Gasteiger partial charge < -0.3 is 5.32 Å². The van der Waals surface area contributed by atoms with Crippen molar-refractivity contribution in [1.29, 1.82) is 0 Å². The summed E-state index contributed by atoms with van der Waals surface area (Å²) in [4.78, 5) is 25.7. The van der Waals surface area contributed by atoms with E-state index in [0.29, 0.717) is 5.69 Å². The van der Waals surface area contributed by atoms with Crippen LogP contribution in [0, 0.1) is 17.0 Å². The molecule has 4 nitrogen and oxygen atoms in total. The number of hydrogen-bond acceptors (Lipinski definition) is 3. The minimum atomic E-state index is -0.773. The quantitative estimate of drug-likeness (QED) is 0.824. The second kappa shape index (κ2) is 7.31. The number of hydrogen-bond donors (Lipinski definition) is 1. The Morgan fingerprint density at radius 3 is 2.41 bits per heavy atom. The Kier molecular flexibility index (Phi) is 5.24. The highest BCUT2D eigenvalue weighted by atomic mass is 32.2. The number of carbonyl (C=O) groups is 2. The smallest absolute Gasteiger partial charge is 0.238 e. The maximum absolute atomic E-state index is 14.2. The molecule has 27 heavy (non-hydrogen) atoms. The Labute approximate surface area is 160 Å². The fraction of sp³-hybridized carbons (Fsp3) is 0.300. The third kappa shape index (κ3) is 4.13. The molecule has 2 aromatic rings. The van der Waals surface area contributed by atoms with E-state index in [2.05, 4.69) is 5.32 Å². The predicted molar refractivity (Wildman–Crippen MR) is 104 cm³/mol. The van der Waals surface area contributed by atoms with E-state index in [1.807, 2.05) is 20.8 Å². The van der Waals surface area contributed by atoms with Gasteiger partial charge in [-0.05, 0) is 29.8 Å². The Morgan fingerprint density at radius 2 is 1.81 bits per heavy atom. The van der Waals surface area contributed by atoms with Crippen LogP contribution in [0.4, 0.5) is 20.2 Å². The van der Waals surface area contributed by atoms with Gasteiger partial charge >= 0.3 is 0 Å². The molecule has 1 aliphatic rings. The molecule has 2 amide bonds. The number of anilines is 2. The van der Waals surface area contributed by atoms with Crippen LogP contribution in [0.1, 0.15) is 31.7 Å². The van der Waals surface area contributed by atoms with E-state index in [1.165, 1.54) is 22.7 Å². The molecule has 1 fully saturated rings. The molecule has 1 atom stereocenters. The number of halogens is 2. The topological polar surface area (TPSA) is 49.4 Å². The molecule has 0 aromatic heterocycles. The van der Waals surface area contributed by atoms with Crippen molar-refractivity contribution < 1.29 is 18.4 Å². The highest BCUT2D eigenvalue weighted by Gasteiger charge is 2.35. The van der Waals surface area contributed by atoms with Crippen molar-refractivity contribution >= 4 is 35.0 Å². The normalized spacial score (nSPS) is 17.3. The van der Waals surface area contributed by atoms with Crippen molar-refractivity contribution in [3.05, 3.63) is 59.7 Å². The molecule has 0 unspecified atom stereocenters. The molecule has 1 aliphatic heterocycles. The highest BCUT2D eigenvalue weighted by Crippen LogP contribution is 2.42. The number of thioether (sulfide) groups is 1. The van der Waals surface area contributed by atoms with Crippen LogP contribution in [-0.2, 0) is 9.59 Å². The molecule has 0 aliphatic carbocycles. The van der Waals surface area contributed by atoms with Crippen LogP contribution in [-0.4, -0.2) is 17.6 Å². The first kappa shape index (κ1) is 19.4. The maximum atomic E-state index is 14.2. The third-order valence-corrected chi connectivity index (χ3v) is 5.38. The van der Waals surface area contributed by atoms with Gasteiger partial charge in [-0.3, -0.25) is 14.5 Å². The summed E-state index contributed by atoms with van der Waals surface area (Å²) in [5.74, 6) is -1.59. The number of rotatable bonds is 3. The largest absolute Gasteiger partial charge is 0.326 e. The Balaban J connectivity index is 1.84. The van der Waals surface area contributed by atoms with Gasteiger partial charge in [0.1, 0.15) is 17.0 Å². The molecule has 0 bridgehead atoms. The fourth-order valence-corrected chi connectivity index (χ4v) is 3.83. The maximum Gasteiger partial charge on any atom is 0.238 e. The lowest BCUT2D eigenvalue weighted by molar-refractivity contribution is -0.123. The zero-order valence-corrected chi connectivity index (χ0v) is 16.1. The van der Waals surface area contributed by atoms with Gasteiger partial charge in [0.25, 0.3) is 0 Å². The third-order valence-electron chi connectivity index (χ3n) is 4.17. The van der Waals surface area contributed by atoms with E-state index >= 15 is 0 Å². The van der Waals surface area contributed by atoms with E-state index in [4.69, 9.17) is 0 Å². The van der Waals surface area contributed by atoms with Gasteiger partial charge in [-0.25, -0.2) is 8.78 Å². The average molecular weight is 390 g/mol. The summed E-state index contributed by atoms with van der Waals surface area (Å²) in [6.07, 6.45) is 0. The molecule has 1 heterocycles. The van der Waals surface area contributed by atoms with E-state index < -0.39 is 22.4 Å². The van der Waals surface area contributed by atoms with E-state index in [-0.39, 0.29) is 23.3 Å². The standard InChI is InChI=1S/C20H20F2N2O2S/c1-20(2,3)19(26)23-14-7-4-12(5-8-14)18-24(17(25)11-27-18)16-9-6-13(21)10-15(16)22/h4-10,18H,11H2,1-3H3,(H,23,26)/t18-/m0/s1.